The van der Waals surface area contributed by atoms with E-state index < -0.39 is 7.12 Å². The molecule has 0 radical (unpaired) electrons. The lowest BCUT2D eigenvalue weighted by molar-refractivity contribution is 0.0312. The highest BCUT2D eigenvalue weighted by Gasteiger charge is 2.38. The van der Waals surface area contributed by atoms with Crippen molar-refractivity contribution in [1.82, 2.24) is 0 Å². The van der Waals surface area contributed by atoms with Crippen LogP contribution in [0.5, 0.6) is 0 Å². The van der Waals surface area contributed by atoms with E-state index in [4.69, 9.17) is 19.2 Å². The van der Waals surface area contributed by atoms with Crippen LogP contribution in [0.15, 0.2) is 28.5 Å². The maximum atomic E-state index is 9.07. The van der Waals surface area contributed by atoms with E-state index in [1.54, 1.807) is 6.20 Å². The molecule has 3 rings (SSSR count). The molecule has 0 aromatic carbocycles. The quantitative estimate of drug-likeness (QED) is 0.764. The minimum absolute atomic E-state index is 0.0375. The van der Waals surface area contributed by atoms with E-state index in [-0.39, 0.29) is 17.9 Å². The monoisotopic (exact) mass is 319 g/mol. The lowest BCUT2D eigenvalue weighted by Gasteiger charge is -2.34. The minimum atomic E-state index is -0.397. The fraction of sp³-hybridized carbons (Fsp3) is 0.706. The van der Waals surface area contributed by atoms with Gasteiger partial charge in [-0.2, -0.15) is 0 Å². The SMILES string of the molecule is CC1(C)COB(C2=CC(CCCO)C=NC=C2OC2CC2)OC1. The molecule has 3 aliphatic rings. The van der Waals surface area contributed by atoms with Crippen LogP contribution < -0.4 is 0 Å². The largest absolute Gasteiger partial charge is 0.497 e. The van der Waals surface area contributed by atoms with Crippen molar-refractivity contribution >= 4 is 13.3 Å². The minimum Gasteiger partial charge on any atom is -0.489 e. The van der Waals surface area contributed by atoms with Crippen molar-refractivity contribution in [1.29, 1.82) is 0 Å². The summed E-state index contributed by atoms with van der Waals surface area (Å²) in [7, 11) is -0.397. The van der Waals surface area contributed by atoms with E-state index >= 15 is 0 Å². The molecule has 1 N–H and O–H groups in total. The predicted molar refractivity (Wildman–Crippen MR) is 90.0 cm³/mol. The summed E-state index contributed by atoms with van der Waals surface area (Å²) >= 11 is 0. The summed E-state index contributed by atoms with van der Waals surface area (Å²) < 4.78 is 17.9. The molecule has 0 spiro atoms. The highest BCUT2D eigenvalue weighted by molar-refractivity contribution is 6.55. The molecule has 0 aromatic rings. The summed E-state index contributed by atoms with van der Waals surface area (Å²) in [5.41, 5.74) is 0.975. The van der Waals surface area contributed by atoms with E-state index in [1.807, 2.05) is 6.21 Å². The van der Waals surface area contributed by atoms with Crippen LogP contribution in [0.4, 0.5) is 0 Å². The molecular weight excluding hydrogens is 293 g/mol. The topological polar surface area (TPSA) is 60.3 Å². The molecule has 1 atom stereocenters. The van der Waals surface area contributed by atoms with Gasteiger partial charge in [0.25, 0.3) is 0 Å². The molecule has 6 heteroatoms. The van der Waals surface area contributed by atoms with E-state index in [2.05, 4.69) is 24.9 Å². The lowest BCUT2D eigenvalue weighted by Crippen LogP contribution is -2.42. The van der Waals surface area contributed by atoms with Gasteiger partial charge in [0.1, 0.15) is 5.76 Å². The third-order valence-corrected chi connectivity index (χ3v) is 4.17. The van der Waals surface area contributed by atoms with Gasteiger partial charge in [0.05, 0.1) is 12.3 Å². The second kappa shape index (κ2) is 7.20. The standard InChI is InChI=1S/C17H26BNO4/c1-17(2)11-21-18(22-12-17)15-8-13(4-3-7-20)9-19-10-16(15)23-14-5-6-14/h8-10,13-14,20H,3-7,11-12H2,1-2H3. The summed E-state index contributed by atoms with van der Waals surface area (Å²) in [6.07, 6.45) is 9.91. The molecule has 0 bridgehead atoms. The van der Waals surface area contributed by atoms with E-state index in [9.17, 15) is 0 Å². The van der Waals surface area contributed by atoms with Gasteiger partial charge in [0, 0.05) is 42.8 Å². The van der Waals surface area contributed by atoms with Crippen molar-refractivity contribution < 1.29 is 19.2 Å². The zero-order chi connectivity index (χ0) is 16.3. The maximum absolute atomic E-state index is 9.07. The number of aliphatic hydroxyl groups excluding tert-OH is 1. The Bertz CT molecular complexity index is 501. The van der Waals surface area contributed by atoms with Crippen LogP contribution in [0.2, 0.25) is 0 Å². The van der Waals surface area contributed by atoms with E-state index in [1.165, 1.54) is 0 Å². The molecule has 1 unspecified atom stereocenters. The second-order valence-electron chi connectivity index (χ2n) is 7.38. The van der Waals surface area contributed by atoms with Crippen molar-refractivity contribution in [3.8, 4) is 0 Å². The zero-order valence-corrected chi connectivity index (χ0v) is 14.0. The summed E-state index contributed by atoms with van der Waals surface area (Å²) in [4.78, 5) is 4.38. The average Bonchev–Trinajstić information content (AvgIpc) is 3.34. The van der Waals surface area contributed by atoms with Crippen molar-refractivity contribution in [2.75, 3.05) is 19.8 Å². The average molecular weight is 319 g/mol. The number of hydrogen-bond acceptors (Lipinski definition) is 5. The van der Waals surface area contributed by atoms with Crippen molar-refractivity contribution in [3.05, 3.63) is 23.5 Å². The third kappa shape index (κ3) is 4.69. The first-order valence-electron chi connectivity index (χ1n) is 8.54. The van der Waals surface area contributed by atoms with Crippen molar-refractivity contribution in [3.63, 3.8) is 0 Å². The van der Waals surface area contributed by atoms with Gasteiger partial charge in [-0.1, -0.05) is 19.9 Å². The smallest absolute Gasteiger partial charge is 0.489 e. The molecule has 0 aromatic heterocycles. The Balaban J connectivity index is 1.76. The molecule has 23 heavy (non-hydrogen) atoms. The normalized spacial score (nSPS) is 27.3. The van der Waals surface area contributed by atoms with Crippen LogP contribution in [-0.4, -0.2) is 44.4 Å². The molecule has 0 amide bonds. The first-order chi connectivity index (χ1) is 11.1. The summed E-state index contributed by atoms with van der Waals surface area (Å²) in [5, 5.41) is 9.07. The molecular formula is C17H26BNO4. The summed E-state index contributed by atoms with van der Waals surface area (Å²) in [6, 6.07) is 0. The highest BCUT2D eigenvalue weighted by atomic mass is 16.6. The van der Waals surface area contributed by atoms with Gasteiger partial charge < -0.3 is 19.2 Å². The van der Waals surface area contributed by atoms with Gasteiger partial charge in [-0.3, -0.25) is 4.99 Å². The van der Waals surface area contributed by atoms with Crippen LogP contribution in [0.3, 0.4) is 0 Å². The number of aliphatic imine (C=N–C) groups is 1. The molecule has 5 nitrogen and oxygen atoms in total. The number of aliphatic hydroxyl groups is 1. The molecule has 2 aliphatic heterocycles. The first kappa shape index (κ1) is 16.7. The van der Waals surface area contributed by atoms with Gasteiger partial charge in [-0.05, 0) is 25.7 Å². The van der Waals surface area contributed by atoms with Crippen LogP contribution >= 0.6 is 0 Å². The Morgan fingerprint density at radius 1 is 1.35 bits per heavy atom. The van der Waals surface area contributed by atoms with E-state index in [0.29, 0.717) is 19.3 Å². The number of nitrogens with zero attached hydrogens (tertiary/aromatic N) is 1. The van der Waals surface area contributed by atoms with Crippen LogP contribution in [-0.2, 0) is 14.0 Å². The van der Waals surface area contributed by atoms with Gasteiger partial charge in [0.15, 0.2) is 0 Å². The second-order valence-corrected chi connectivity index (χ2v) is 7.38. The Labute approximate surface area is 138 Å². The van der Waals surface area contributed by atoms with Crippen molar-refractivity contribution in [2.45, 2.75) is 45.6 Å². The van der Waals surface area contributed by atoms with Gasteiger partial charge in [0.2, 0.25) is 0 Å². The van der Waals surface area contributed by atoms with Crippen LogP contribution in [0, 0.1) is 11.3 Å². The van der Waals surface area contributed by atoms with Crippen LogP contribution in [0.25, 0.3) is 0 Å². The fourth-order valence-corrected chi connectivity index (χ4v) is 2.67. The number of rotatable bonds is 6. The van der Waals surface area contributed by atoms with Gasteiger partial charge in [-0.25, -0.2) is 0 Å². The molecule has 2 fully saturated rings. The van der Waals surface area contributed by atoms with Gasteiger partial charge in [-0.15, -0.1) is 0 Å². The molecule has 2 heterocycles. The maximum Gasteiger partial charge on any atom is 0.497 e. The van der Waals surface area contributed by atoms with E-state index in [0.717, 1.165) is 36.9 Å². The Morgan fingerprint density at radius 2 is 2.09 bits per heavy atom. The number of hydrogen-bond donors (Lipinski definition) is 1. The number of allylic oxidation sites excluding steroid dienone is 2. The fourth-order valence-electron chi connectivity index (χ4n) is 2.67. The highest BCUT2D eigenvalue weighted by Crippen LogP contribution is 2.33. The van der Waals surface area contributed by atoms with Gasteiger partial charge >= 0.3 is 7.12 Å². The Morgan fingerprint density at radius 3 is 2.74 bits per heavy atom. The molecule has 1 aliphatic carbocycles. The van der Waals surface area contributed by atoms with Crippen molar-refractivity contribution in [2.24, 2.45) is 16.3 Å². The zero-order valence-electron chi connectivity index (χ0n) is 14.0. The Kier molecular flexibility index (Phi) is 5.24. The first-order valence-corrected chi connectivity index (χ1v) is 8.54. The Hall–Kier alpha value is -1.11. The molecule has 1 saturated heterocycles. The summed E-state index contributed by atoms with van der Waals surface area (Å²) in [6.45, 7) is 5.78. The predicted octanol–water partition coefficient (Wildman–Crippen LogP) is 2.51. The summed E-state index contributed by atoms with van der Waals surface area (Å²) in [5.74, 6) is 0.927. The lowest BCUT2D eigenvalue weighted by atomic mass is 9.72. The third-order valence-electron chi connectivity index (χ3n) is 4.17. The number of ether oxygens (including phenoxy) is 1. The molecule has 1 saturated carbocycles. The molecule has 126 valence electrons. The van der Waals surface area contributed by atoms with Crippen LogP contribution in [0.1, 0.15) is 39.5 Å².